The number of fused-ring (bicyclic) bond motifs is 1. The molecule has 0 bridgehead atoms. The Kier molecular flexibility index (Phi) is 3.20. The molecule has 20 heavy (non-hydrogen) atoms. The monoisotopic (exact) mass is 272 g/mol. The first-order valence-electron chi connectivity index (χ1n) is 6.72. The fraction of sp³-hybridized carbons (Fsp3) is 0.467. The van der Waals surface area contributed by atoms with Gasteiger partial charge in [0, 0.05) is 24.5 Å². The van der Waals surface area contributed by atoms with Gasteiger partial charge in [-0.2, -0.15) is 5.26 Å². The number of aromatic amines is 1. The summed E-state index contributed by atoms with van der Waals surface area (Å²) in [4.78, 5) is 14.7. The van der Waals surface area contributed by atoms with Crippen LogP contribution in [0.2, 0.25) is 0 Å². The molecule has 1 unspecified atom stereocenters. The molecule has 1 aromatic rings. The molecule has 0 amide bonds. The minimum atomic E-state index is -0.606. The molecule has 0 saturated carbocycles. The summed E-state index contributed by atoms with van der Waals surface area (Å²) >= 11 is 0. The average molecular weight is 272 g/mol. The van der Waals surface area contributed by atoms with Crippen molar-refractivity contribution in [2.75, 3.05) is 13.2 Å². The third-order valence-electron chi connectivity index (χ3n) is 3.97. The molecule has 1 spiro atoms. The first-order valence-corrected chi connectivity index (χ1v) is 6.72. The highest BCUT2D eigenvalue weighted by Crippen LogP contribution is 2.42. The molecule has 1 aromatic heterocycles. The van der Waals surface area contributed by atoms with Crippen molar-refractivity contribution in [1.82, 2.24) is 4.98 Å². The zero-order chi connectivity index (χ0) is 14.2. The van der Waals surface area contributed by atoms with Gasteiger partial charge in [-0.25, -0.2) is 0 Å². The Hall–Kier alpha value is -1.90. The largest absolute Gasteiger partial charge is 0.347 e. The maximum absolute atomic E-state index is 11.8. The molecule has 0 aromatic carbocycles. The number of rotatable bonds is 2. The number of H-pyrrole nitrogens is 1. The fourth-order valence-electron chi connectivity index (χ4n) is 3.14. The summed E-state index contributed by atoms with van der Waals surface area (Å²) in [5, 5.41) is 9.00. The highest BCUT2D eigenvalue weighted by molar-refractivity contribution is 5.37. The van der Waals surface area contributed by atoms with Crippen molar-refractivity contribution in [2.45, 2.75) is 31.0 Å². The Morgan fingerprint density at radius 3 is 2.95 bits per heavy atom. The Morgan fingerprint density at radius 2 is 2.30 bits per heavy atom. The normalized spacial score (nSPS) is 23.2. The van der Waals surface area contributed by atoms with E-state index in [9.17, 15) is 4.79 Å². The van der Waals surface area contributed by atoms with E-state index >= 15 is 0 Å². The van der Waals surface area contributed by atoms with Crippen molar-refractivity contribution in [1.29, 1.82) is 5.26 Å². The molecule has 1 saturated heterocycles. The molecule has 104 valence electrons. The van der Waals surface area contributed by atoms with Gasteiger partial charge in [-0.15, -0.1) is 6.58 Å². The van der Waals surface area contributed by atoms with Crippen LogP contribution in [-0.4, -0.2) is 24.0 Å². The summed E-state index contributed by atoms with van der Waals surface area (Å²) in [6.45, 7) is 4.95. The molecular weight excluding hydrogens is 256 g/mol. The third-order valence-corrected chi connectivity index (χ3v) is 3.97. The maximum atomic E-state index is 11.8. The van der Waals surface area contributed by atoms with E-state index in [1.165, 1.54) is 0 Å². The van der Waals surface area contributed by atoms with E-state index < -0.39 is 5.79 Å². The number of nitrogens with one attached hydrogen (secondary N) is 1. The third kappa shape index (κ3) is 2.07. The second kappa shape index (κ2) is 4.89. The predicted octanol–water partition coefficient (Wildman–Crippen LogP) is 1.60. The number of aromatic nitrogens is 1. The lowest BCUT2D eigenvalue weighted by Gasteiger charge is -2.37. The Bertz CT molecular complexity index is 635. The summed E-state index contributed by atoms with van der Waals surface area (Å²) in [5.74, 6) is -0.499. The second-order valence-corrected chi connectivity index (χ2v) is 5.27. The predicted molar refractivity (Wildman–Crippen MR) is 72.3 cm³/mol. The molecule has 1 fully saturated rings. The summed E-state index contributed by atoms with van der Waals surface area (Å²) in [5.41, 5.74) is 1.63. The van der Waals surface area contributed by atoms with Crippen molar-refractivity contribution in [3.8, 4) is 6.07 Å². The van der Waals surface area contributed by atoms with Gasteiger partial charge in [0.1, 0.15) is 11.6 Å². The highest BCUT2D eigenvalue weighted by Gasteiger charge is 2.44. The molecule has 1 N–H and O–H groups in total. The van der Waals surface area contributed by atoms with Gasteiger partial charge in [-0.1, -0.05) is 6.08 Å². The molecule has 0 radical (unpaired) electrons. The molecule has 2 aliphatic rings. The van der Waals surface area contributed by atoms with Crippen molar-refractivity contribution in [3.63, 3.8) is 0 Å². The van der Waals surface area contributed by atoms with Crippen molar-refractivity contribution in [2.24, 2.45) is 0 Å². The van der Waals surface area contributed by atoms with Gasteiger partial charge in [-0.3, -0.25) is 4.79 Å². The Labute approximate surface area is 116 Å². The molecule has 5 nitrogen and oxygen atoms in total. The molecule has 5 heteroatoms. The van der Waals surface area contributed by atoms with E-state index in [1.54, 1.807) is 6.07 Å². The maximum Gasteiger partial charge on any atom is 0.266 e. The number of pyridine rings is 1. The van der Waals surface area contributed by atoms with E-state index in [-0.39, 0.29) is 17.0 Å². The fourth-order valence-corrected chi connectivity index (χ4v) is 3.14. The first-order chi connectivity index (χ1) is 9.67. The van der Waals surface area contributed by atoms with E-state index in [0.717, 1.165) is 17.7 Å². The summed E-state index contributed by atoms with van der Waals surface area (Å²) in [6, 6.07) is 3.59. The van der Waals surface area contributed by atoms with Crippen LogP contribution in [0.3, 0.4) is 0 Å². The molecule has 1 atom stereocenters. The zero-order valence-corrected chi connectivity index (χ0v) is 11.1. The quantitative estimate of drug-likeness (QED) is 0.830. The minimum Gasteiger partial charge on any atom is -0.347 e. The molecule has 1 aliphatic heterocycles. The van der Waals surface area contributed by atoms with E-state index in [0.29, 0.717) is 26.1 Å². The lowest BCUT2D eigenvalue weighted by Crippen LogP contribution is -2.40. The van der Waals surface area contributed by atoms with Crippen LogP contribution in [0.5, 0.6) is 0 Å². The minimum absolute atomic E-state index is 0.106. The molecule has 1 aliphatic carbocycles. The topological polar surface area (TPSA) is 75.1 Å². The van der Waals surface area contributed by atoms with Crippen LogP contribution in [0, 0.1) is 11.3 Å². The van der Waals surface area contributed by atoms with E-state index in [2.05, 4.69) is 11.6 Å². The van der Waals surface area contributed by atoms with Crippen LogP contribution in [0.4, 0.5) is 0 Å². The Balaban J connectivity index is 2.08. The van der Waals surface area contributed by atoms with Gasteiger partial charge in [0.25, 0.3) is 5.56 Å². The molecule has 2 heterocycles. The van der Waals surface area contributed by atoms with Gasteiger partial charge in [0.05, 0.1) is 13.2 Å². The van der Waals surface area contributed by atoms with Crippen LogP contribution in [0.1, 0.15) is 35.6 Å². The van der Waals surface area contributed by atoms with Crippen LogP contribution >= 0.6 is 0 Å². The van der Waals surface area contributed by atoms with Gasteiger partial charge in [-0.05, 0) is 18.1 Å². The van der Waals surface area contributed by atoms with E-state index in [4.69, 9.17) is 14.7 Å². The smallest absolute Gasteiger partial charge is 0.266 e. The number of nitriles is 1. The van der Waals surface area contributed by atoms with Gasteiger partial charge in [0.15, 0.2) is 5.79 Å². The highest BCUT2D eigenvalue weighted by atomic mass is 16.7. The second-order valence-electron chi connectivity index (χ2n) is 5.27. The lowest BCUT2D eigenvalue weighted by molar-refractivity contribution is -0.168. The standard InChI is InChI=1S/C15H16N2O3/c1-2-3-10-7-15(19-4-5-20-15)8-11-6-12(9-16)14(18)17-13(10)11/h2,6,10H,1,3-5,7-8H2,(H,17,18). The van der Waals surface area contributed by atoms with Crippen molar-refractivity contribution in [3.05, 3.63) is 45.9 Å². The summed E-state index contributed by atoms with van der Waals surface area (Å²) < 4.78 is 11.6. The molecule has 3 rings (SSSR count). The van der Waals surface area contributed by atoms with E-state index in [1.807, 2.05) is 12.1 Å². The number of ether oxygens (including phenoxy) is 2. The molecular formula is C15H16N2O3. The van der Waals surface area contributed by atoms with Crippen LogP contribution in [0.15, 0.2) is 23.5 Å². The van der Waals surface area contributed by atoms with Gasteiger partial charge >= 0.3 is 0 Å². The summed E-state index contributed by atoms with van der Waals surface area (Å²) in [7, 11) is 0. The zero-order valence-electron chi connectivity index (χ0n) is 11.1. The Morgan fingerprint density at radius 1 is 1.55 bits per heavy atom. The van der Waals surface area contributed by atoms with Crippen molar-refractivity contribution < 1.29 is 9.47 Å². The van der Waals surface area contributed by atoms with Gasteiger partial charge < -0.3 is 14.5 Å². The van der Waals surface area contributed by atoms with Crippen LogP contribution in [-0.2, 0) is 15.9 Å². The first kappa shape index (κ1) is 13.1. The number of nitrogens with zero attached hydrogens (tertiary/aromatic N) is 1. The SMILES string of the molecule is C=CCC1CC2(Cc3cc(C#N)c(=O)[nH]c31)OCCO2. The number of hydrogen-bond donors (Lipinski definition) is 1. The lowest BCUT2D eigenvalue weighted by atomic mass is 9.80. The summed E-state index contributed by atoms with van der Waals surface area (Å²) in [6.07, 6.45) is 3.84. The van der Waals surface area contributed by atoms with Crippen LogP contribution < -0.4 is 5.56 Å². The van der Waals surface area contributed by atoms with Crippen LogP contribution in [0.25, 0.3) is 0 Å². The number of allylic oxidation sites excluding steroid dienone is 1. The van der Waals surface area contributed by atoms with Gasteiger partial charge in [0.2, 0.25) is 0 Å². The number of hydrogen-bond acceptors (Lipinski definition) is 4. The average Bonchev–Trinajstić information content (AvgIpc) is 2.87. The van der Waals surface area contributed by atoms with Crippen molar-refractivity contribution >= 4 is 0 Å².